The number of carbonyl (C=O) groups is 2. The first-order valence-corrected chi connectivity index (χ1v) is 14.9. The van der Waals surface area contributed by atoms with Gasteiger partial charge < -0.3 is 9.84 Å². The highest BCUT2D eigenvalue weighted by molar-refractivity contribution is 8.00. The van der Waals surface area contributed by atoms with E-state index >= 15 is 0 Å². The fourth-order valence-electron chi connectivity index (χ4n) is 4.88. The van der Waals surface area contributed by atoms with Crippen LogP contribution in [-0.4, -0.2) is 34.1 Å². The summed E-state index contributed by atoms with van der Waals surface area (Å²) in [6.07, 6.45) is 0. The van der Waals surface area contributed by atoms with E-state index in [4.69, 9.17) is 16.3 Å². The van der Waals surface area contributed by atoms with Gasteiger partial charge in [-0.3, -0.25) is 14.5 Å². The largest absolute Gasteiger partial charge is 0.507 e. The topological polar surface area (TPSA) is 92.6 Å². The number of ether oxygens (including phenoxy) is 1. The number of hydrogen-bond donors (Lipinski definition) is 1. The molecule has 210 valence electrons. The SMILES string of the molecule is COc1ccc(C(O)=C2C(=O)C(=O)N(c3nnc(SCc4cccc5ccccc45)s3)C2c2ccc(Cl)cc2)cc1F. The molecule has 1 amide bonds. The summed E-state index contributed by atoms with van der Waals surface area (Å²) in [4.78, 5) is 28.1. The molecule has 1 saturated heterocycles. The van der Waals surface area contributed by atoms with Crippen LogP contribution in [0.15, 0.2) is 94.8 Å². The molecular formula is C31H21ClFN3O4S2. The normalized spacial score (nSPS) is 16.4. The molecule has 5 aromatic rings. The average molecular weight is 618 g/mol. The van der Waals surface area contributed by atoms with Crippen LogP contribution in [-0.2, 0) is 15.3 Å². The molecule has 1 aliphatic rings. The van der Waals surface area contributed by atoms with E-state index in [1.807, 2.05) is 18.2 Å². The van der Waals surface area contributed by atoms with Crippen molar-refractivity contribution in [2.45, 2.75) is 16.1 Å². The maximum absolute atomic E-state index is 14.5. The van der Waals surface area contributed by atoms with Gasteiger partial charge >= 0.3 is 5.91 Å². The van der Waals surface area contributed by atoms with Crippen molar-refractivity contribution in [3.05, 3.63) is 118 Å². The number of carbonyl (C=O) groups excluding carboxylic acids is 2. The number of rotatable bonds is 7. The second-order valence-electron chi connectivity index (χ2n) is 9.35. The third-order valence-electron chi connectivity index (χ3n) is 6.89. The summed E-state index contributed by atoms with van der Waals surface area (Å²) in [7, 11) is 1.32. The predicted molar refractivity (Wildman–Crippen MR) is 163 cm³/mol. The highest BCUT2D eigenvalue weighted by Crippen LogP contribution is 2.44. The standard InChI is InChI=1S/C31H21ClFN3O4S2/c1-40-24-14-11-19(15-23(24)33)27(37)25-26(18-9-12-21(32)13-10-18)36(29(39)28(25)38)30-34-35-31(42-30)41-16-20-7-4-6-17-5-2-3-8-22(17)20/h2-15,26,37H,16H2,1H3. The molecule has 1 unspecified atom stereocenters. The number of aliphatic hydroxyl groups is 1. The molecule has 0 aliphatic carbocycles. The Kier molecular flexibility index (Phi) is 7.68. The number of aromatic nitrogens is 2. The molecule has 0 radical (unpaired) electrons. The summed E-state index contributed by atoms with van der Waals surface area (Å²) in [6, 6.07) is 23.5. The summed E-state index contributed by atoms with van der Waals surface area (Å²) in [6.45, 7) is 0. The number of hydrogen-bond acceptors (Lipinski definition) is 8. The Bertz CT molecular complexity index is 1870. The van der Waals surface area contributed by atoms with E-state index in [0.717, 1.165) is 22.4 Å². The zero-order chi connectivity index (χ0) is 29.4. The van der Waals surface area contributed by atoms with Gasteiger partial charge in [0, 0.05) is 16.3 Å². The molecule has 1 N–H and O–H groups in total. The number of amides is 1. The number of benzene rings is 4. The molecule has 1 atom stereocenters. The minimum Gasteiger partial charge on any atom is -0.507 e. The van der Waals surface area contributed by atoms with E-state index in [-0.39, 0.29) is 22.0 Å². The first kappa shape index (κ1) is 27.9. The van der Waals surface area contributed by atoms with Gasteiger partial charge in [-0.25, -0.2) is 4.39 Å². The molecule has 4 aromatic carbocycles. The van der Waals surface area contributed by atoms with Crippen molar-refractivity contribution in [2.24, 2.45) is 0 Å². The van der Waals surface area contributed by atoms with Crippen molar-refractivity contribution >= 4 is 68.1 Å². The average Bonchev–Trinajstić information content (AvgIpc) is 3.57. The number of thioether (sulfide) groups is 1. The third-order valence-corrected chi connectivity index (χ3v) is 9.25. The molecule has 1 aromatic heterocycles. The highest BCUT2D eigenvalue weighted by Gasteiger charge is 2.48. The molecular weight excluding hydrogens is 597 g/mol. The summed E-state index contributed by atoms with van der Waals surface area (Å²) in [5.41, 5.74) is 1.46. The van der Waals surface area contributed by atoms with Crippen molar-refractivity contribution in [2.75, 3.05) is 12.0 Å². The van der Waals surface area contributed by atoms with E-state index in [0.29, 0.717) is 20.7 Å². The summed E-state index contributed by atoms with van der Waals surface area (Å²) in [5, 5.41) is 22.7. The fraction of sp³-hybridized carbons (Fsp3) is 0.0968. The fourth-order valence-corrected chi connectivity index (χ4v) is 6.87. The zero-order valence-electron chi connectivity index (χ0n) is 22.0. The number of ketones is 1. The third kappa shape index (κ3) is 5.13. The van der Waals surface area contributed by atoms with Gasteiger partial charge in [-0.2, -0.15) is 0 Å². The minimum atomic E-state index is -1.05. The van der Waals surface area contributed by atoms with E-state index in [1.54, 1.807) is 24.3 Å². The molecule has 42 heavy (non-hydrogen) atoms. The molecule has 0 saturated carbocycles. The van der Waals surface area contributed by atoms with E-state index in [1.165, 1.54) is 47.2 Å². The quantitative estimate of drug-likeness (QED) is 0.0668. The molecule has 2 heterocycles. The predicted octanol–water partition coefficient (Wildman–Crippen LogP) is 7.41. The smallest absolute Gasteiger partial charge is 0.301 e. The van der Waals surface area contributed by atoms with Gasteiger partial charge in [-0.05, 0) is 52.2 Å². The van der Waals surface area contributed by atoms with Gasteiger partial charge in [0.25, 0.3) is 5.78 Å². The van der Waals surface area contributed by atoms with Crippen molar-refractivity contribution in [3.8, 4) is 5.75 Å². The zero-order valence-corrected chi connectivity index (χ0v) is 24.3. The number of aliphatic hydroxyl groups excluding tert-OH is 1. The van der Waals surface area contributed by atoms with E-state index in [2.05, 4.69) is 34.5 Å². The number of fused-ring (bicyclic) bond motifs is 1. The number of nitrogens with zero attached hydrogens (tertiary/aromatic N) is 3. The molecule has 1 aliphatic heterocycles. The lowest BCUT2D eigenvalue weighted by atomic mass is 9.95. The molecule has 0 bridgehead atoms. The van der Waals surface area contributed by atoms with Crippen molar-refractivity contribution in [1.82, 2.24) is 10.2 Å². The molecule has 6 rings (SSSR count). The van der Waals surface area contributed by atoms with Gasteiger partial charge in [-0.1, -0.05) is 89.3 Å². The van der Waals surface area contributed by atoms with Crippen LogP contribution in [0.25, 0.3) is 16.5 Å². The Labute approximate surface area is 253 Å². The Hall–Kier alpha value is -4.25. The highest BCUT2D eigenvalue weighted by atomic mass is 35.5. The summed E-state index contributed by atoms with van der Waals surface area (Å²) >= 11 is 8.74. The summed E-state index contributed by atoms with van der Waals surface area (Å²) < 4.78 is 20.1. The molecule has 7 nitrogen and oxygen atoms in total. The van der Waals surface area contributed by atoms with E-state index in [9.17, 15) is 19.1 Å². The lowest BCUT2D eigenvalue weighted by Crippen LogP contribution is -2.29. The molecule has 11 heteroatoms. The van der Waals surface area contributed by atoms with Crippen LogP contribution >= 0.6 is 34.7 Å². The van der Waals surface area contributed by atoms with Crippen LogP contribution in [0.2, 0.25) is 5.02 Å². The lowest BCUT2D eigenvalue weighted by molar-refractivity contribution is -0.132. The maximum atomic E-state index is 14.5. The second-order valence-corrected chi connectivity index (χ2v) is 12.0. The van der Waals surface area contributed by atoms with Crippen LogP contribution in [0.1, 0.15) is 22.7 Å². The van der Waals surface area contributed by atoms with Gasteiger partial charge in [0.1, 0.15) is 5.76 Å². The van der Waals surface area contributed by atoms with Gasteiger partial charge in [0.2, 0.25) is 5.13 Å². The number of halogens is 2. The molecule has 0 spiro atoms. The Morgan fingerprint density at radius 2 is 1.81 bits per heavy atom. The van der Waals surface area contributed by atoms with Crippen molar-refractivity contribution in [3.63, 3.8) is 0 Å². The second kappa shape index (κ2) is 11.6. The van der Waals surface area contributed by atoms with Gasteiger partial charge in [0.05, 0.1) is 18.7 Å². The molecule has 1 fully saturated rings. The summed E-state index contributed by atoms with van der Waals surface area (Å²) in [5.74, 6) is -2.46. The first-order valence-electron chi connectivity index (χ1n) is 12.7. The van der Waals surface area contributed by atoms with Crippen LogP contribution in [0, 0.1) is 5.82 Å². The van der Waals surface area contributed by atoms with E-state index < -0.39 is 29.3 Å². The minimum absolute atomic E-state index is 0.0221. The van der Waals surface area contributed by atoms with Gasteiger partial charge in [0.15, 0.2) is 15.9 Å². The Balaban J connectivity index is 1.37. The first-order chi connectivity index (χ1) is 20.4. The number of anilines is 1. The monoisotopic (exact) mass is 617 g/mol. The Morgan fingerprint density at radius 1 is 1.05 bits per heavy atom. The van der Waals surface area contributed by atoms with Crippen molar-refractivity contribution < 1.29 is 23.8 Å². The Morgan fingerprint density at radius 3 is 2.57 bits per heavy atom. The van der Waals surface area contributed by atoms with Crippen LogP contribution < -0.4 is 9.64 Å². The van der Waals surface area contributed by atoms with Crippen LogP contribution in [0.4, 0.5) is 9.52 Å². The number of Topliss-reactive ketones (excluding diaryl/α,β-unsaturated/α-hetero) is 1. The maximum Gasteiger partial charge on any atom is 0.301 e. The van der Waals surface area contributed by atoms with Crippen LogP contribution in [0.3, 0.4) is 0 Å². The van der Waals surface area contributed by atoms with Crippen LogP contribution in [0.5, 0.6) is 5.75 Å². The lowest BCUT2D eigenvalue weighted by Gasteiger charge is -2.22. The van der Waals surface area contributed by atoms with Crippen molar-refractivity contribution in [1.29, 1.82) is 0 Å². The van der Waals surface area contributed by atoms with Gasteiger partial charge in [-0.15, -0.1) is 10.2 Å². The number of methoxy groups -OCH3 is 1.